The number of nitrogens with one attached hydrogen (secondary N) is 1. The maximum Gasteiger partial charge on any atom is 0.137 e. The highest BCUT2D eigenvalue weighted by Gasteiger charge is 2.06. The highest BCUT2D eigenvalue weighted by Crippen LogP contribution is 2.19. The van der Waals surface area contributed by atoms with Crippen molar-refractivity contribution in [1.29, 1.82) is 0 Å². The standard InChI is InChI=1S/C17H16FN3OS/c18-14-6-7-16-15(10-14)17(21-12-20-16)19-8-9-23(22)11-13-4-2-1-3-5-13/h1-7,10,12H,8-9,11H2,(H,19,20,21)/t23-/m0/s1. The van der Waals surface area contributed by atoms with Crippen molar-refractivity contribution < 1.29 is 8.60 Å². The van der Waals surface area contributed by atoms with Gasteiger partial charge in [-0.05, 0) is 23.8 Å². The van der Waals surface area contributed by atoms with Crippen molar-refractivity contribution in [2.45, 2.75) is 5.75 Å². The number of nitrogens with zero attached hydrogens (tertiary/aromatic N) is 2. The van der Waals surface area contributed by atoms with Crippen molar-refractivity contribution in [2.75, 3.05) is 17.6 Å². The lowest BCUT2D eigenvalue weighted by molar-refractivity contribution is 0.629. The van der Waals surface area contributed by atoms with Gasteiger partial charge in [-0.25, -0.2) is 14.4 Å². The fourth-order valence-electron chi connectivity index (χ4n) is 2.29. The Labute approximate surface area is 136 Å². The van der Waals surface area contributed by atoms with E-state index in [1.54, 1.807) is 6.07 Å². The van der Waals surface area contributed by atoms with E-state index in [0.29, 0.717) is 34.8 Å². The predicted octanol–water partition coefficient (Wildman–Crippen LogP) is 3.13. The SMILES string of the molecule is O=[S@@](CCNc1ncnc2ccc(F)cc12)Cc1ccccc1. The molecular weight excluding hydrogens is 313 g/mol. The Hall–Kier alpha value is -2.34. The Balaban J connectivity index is 1.60. The molecule has 0 aliphatic heterocycles. The minimum absolute atomic E-state index is 0.331. The molecular formula is C17H16FN3OS. The molecule has 1 heterocycles. The molecule has 0 saturated heterocycles. The number of halogens is 1. The quantitative estimate of drug-likeness (QED) is 0.755. The molecule has 0 aliphatic carbocycles. The number of aromatic nitrogens is 2. The summed E-state index contributed by atoms with van der Waals surface area (Å²) in [5.41, 5.74) is 1.73. The first-order valence-corrected chi connectivity index (χ1v) is 8.74. The Morgan fingerprint density at radius 3 is 2.74 bits per heavy atom. The zero-order valence-corrected chi connectivity index (χ0v) is 13.2. The summed E-state index contributed by atoms with van der Waals surface area (Å²) in [6.45, 7) is 0.502. The molecule has 0 aliphatic rings. The van der Waals surface area contributed by atoms with Gasteiger partial charge in [0.25, 0.3) is 0 Å². The number of anilines is 1. The van der Waals surface area contributed by atoms with Crippen molar-refractivity contribution in [3.05, 3.63) is 66.2 Å². The monoisotopic (exact) mass is 329 g/mol. The van der Waals surface area contributed by atoms with Crippen molar-refractivity contribution >= 4 is 27.5 Å². The molecule has 0 unspecified atom stereocenters. The Bertz CT molecular complexity index is 826. The maximum atomic E-state index is 13.4. The van der Waals surface area contributed by atoms with Crippen LogP contribution in [0.1, 0.15) is 5.56 Å². The fraction of sp³-hybridized carbons (Fsp3) is 0.176. The topological polar surface area (TPSA) is 54.9 Å². The van der Waals surface area contributed by atoms with Crippen LogP contribution in [0.25, 0.3) is 10.9 Å². The summed E-state index contributed by atoms with van der Waals surface area (Å²) in [5.74, 6) is 1.26. The average Bonchev–Trinajstić information content (AvgIpc) is 2.56. The molecule has 6 heteroatoms. The minimum atomic E-state index is -0.963. The molecule has 3 rings (SSSR count). The second-order valence-corrected chi connectivity index (χ2v) is 6.66. The molecule has 0 bridgehead atoms. The van der Waals surface area contributed by atoms with Crippen LogP contribution >= 0.6 is 0 Å². The van der Waals surface area contributed by atoms with E-state index >= 15 is 0 Å². The van der Waals surface area contributed by atoms with Crippen LogP contribution in [0.4, 0.5) is 10.2 Å². The molecule has 1 aromatic heterocycles. The first kappa shape index (κ1) is 15.6. The molecule has 4 nitrogen and oxygen atoms in total. The highest BCUT2D eigenvalue weighted by molar-refractivity contribution is 7.84. The van der Waals surface area contributed by atoms with E-state index in [0.717, 1.165) is 5.56 Å². The Morgan fingerprint density at radius 1 is 1.09 bits per heavy atom. The van der Waals surface area contributed by atoms with Crippen molar-refractivity contribution in [2.24, 2.45) is 0 Å². The maximum absolute atomic E-state index is 13.4. The van der Waals surface area contributed by atoms with E-state index < -0.39 is 10.8 Å². The van der Waals surface area contributed by atoms with Crippen LogP contribution < -0.4 is 5.32 Å². The lowest BCUT2D eigenvalue weighted by Gasteiger charge is -2.08. The number of hydrogen-bond donors (Lipinski definition) is 1. The minimum Gasteiger partial charge on any atom is -0.369 e. The summed E-state index contributed by atoms with van der Waals surface area (Å²) in [6.07, 6.45) is 1.43. The van der Waals surface area contributed by atoms with Crippen LogP contribution in [0.3, 0.4) is 0 Å². The van der Waals surface area contributed by atoms with E-state index in [1.165, 1.54) is 18.5 Å². The summed E-state index contributed by atoms with van der Waals surface area (Å²) in [7, 11) is -0.963. The Kier molecular flexibility index (Phi) is 4.92. The van der Waals surface area contributed by atoms with Crippen molar-refractivity contribution in [3.8, 4) is 0 Å². The molecule has 3 aromatic rings. The van der Waals surface area contributed by atoms with Crippen LogP contribution in [-0.4, -0.2) is 26.5 Å². The molecule has 118 valence electrons. The summed E-state index contributed by atoms with van der Waals surface area (Å²) in [6, 6.07) is 14.1. The van der Waals surface area contributed by atoms with E-state index in [1.807, 2.05) is 30.3 Å². The molecule has 0 spiro atoms. The Morgan fingerprint density at radius 2 is 1.91 bits per heavy atom. The normalized spacial score (nSPS) is 12.2. The van der Waals surface area contributed by atoms with Gasteiger partial charge in [-0.2, -0.15) is 0 Å². The molecule has 23 heavy (non-hydrogen) atoms. The van der Waals surface area contributed by atoms with Gasteiger partial charge in [0, 0.05) is 34.2 Å². The zero-order chi connectivity index (χ0) is 16.1. The third-order valence-corrected chi connectivity index (χ3v) is 4.70. The van der Waals surface area contributed by atoms with Gasteiger partial charge in [-0.1, -0.05) is 30.3 Å². The number of hydrogen-bond acceptors (Lipinski definition) is 4. The summed E-state index contributed by atoms with van der Waals surface area (Å²) >= 11 is 0. The fourth-order valence-corrected chi connectivity index (χ4v) is 3.32. The van der Waals surface area contributed by atoms with Crippen LogP contribution in [0.15, 0.2) is 54.9 Å². The molecule has 0 saturated carbocycles. The first-order valence-electron chi connectivity index (χ1n) is 7.25. The average molecular weight is 329 g/mol. The molecule has 1 N–H and O–H groups in total. The van der Waals surface area contributed by atoms with Crippen LogP contribution in [-0.2, 0) is 16.6 Å². The molecule has 1 atom stereocenters. The van der Waals surface area contributed by atoms with Crippen LogP contribution in [0.2, 0.25) is 0 Å². The largest absolute Gasteiger partial charge is 0.369 e. The second kappa shape index (κ2) is 7.28. The number of fused-ring (bicyclic) bond motifs is 1. The second-order valence-electron chi connectivity index (χ2n) is 5.08. The van der Waals surface area contributed by atoms with Crippen LogP contribution in [0, 0.1) is 5.82 Å². The van der Waals surface area contributed by atoms with Crippen LogP contribution in [0.5, 0.6) is 0 Å². The lowest BCUT2D eigenvalue weighted by atomic mass is 10.2. The van der Waals surface area contributed by atoms with Crippen molar-refractivity contribution in [3.63, 3.8) is 0 Å². The van der Waals surface area contributed by atoms with E-state index in [9.17, 15) is 8.60 Å². The van der Waals surface area contributed by atoms with E-state index in [2.05, 4.69) is 15.3 Å². The summed E-state index contributed by atoms with van der Waals surface area (Å²) in [5, 5.41) is 3.75. The molecule has 0 fully saturated rings. The van der Waals surface area contributed by atoms with Gasteiger partial charge in [0.15, 0.2) is 0 Å². The third kappa shape index (κ3) is 4.10. The summed E-state index contributed by atoms with van der Waals surface area (Å²) < 4.78 is 25.5. The smallest absolute Gasteiger partial charge is 0.137 e. The zero-order valence-electron chi connectivity index (χ0n) is 12.4. The lowest BCUT2D eigenvalue weighted by Crippen LogP contribution is -2.13. The first-order chi connectivity index (χ1) is 11.2. The van der Waals surface area contributed by atoms with Crippen molar-refractivity contribution in [1.82, 2.24) is 9.97 Å². The van der Waals surface area contributed by atoms with E-state index in [4.69, 9.17) is 0 Å². The van der Waals surface area contributed by atoms with Gasteiger partial charge < -0.3 is 5.32 Å². The summed E-state index contributed by atoms with van der Waals surface area (Å²) in [4.78, 5) is 8.25. The van der Waals surface area contributed by atoms with Gasteiger partial charge in [-0.15, -0.1) is 0 Å². The van der Waals surface area contributed by atoms with Gasteiger partial charge in [-0.3, -0.25) is 4.21 Å². The number of benzene rings is 2. The van der Waals surface area contributed by atoms with Gasteiger partial charge >= 0.3 is 0 Å². The van der Waals surface area contributed by atoms with E-state index in [-0.39, 0.29) is 5.82 Å². The molecule has 0 amide bonds. The van der Waals surface area contributed by atoms with Gasteiger partial charge in [0.2, 0.25) is 0 Å². The molecule has 2 aromatic carbocycles. The predicted molar refractivity (Wildman–Crippen MR) is 91.1 cm³/mol. The third-order valence-electron chi connectivity index (χ3n) is 3.39. The highest BCUT2D eigenvalue weighted by atomic mass is 32.2. The number of rotatable bonds is 6. The molecule has 0 radical (unpaired) electrons. The van der Waals surface area contributed by atoms with Gasteiger partial charge in [0.1, 0.15) is 18.0 Å². The van der Waals surface area contributed by atoms with Gasteiger partial charge in [0.05, 0.1) is 5.52 Å².